The summed E-state index contributed by atoms with van der Waals surface area (Å²) >= 11 is 0. The van der Waals surface area contributed by atoms with Crippen LogP contribution in [0, 0.1) is 0 Å². The van der Waals surface area contributed by atoms with E-state index in [2.05, 4.69) is 57.4 Å². The van der Waals surface area contributed by atoms with Crippen molar-refractivity contribution >= 4 is 5.69 Å². The van der Waals surface area contributed by atoms with E-state index in [9.17, 15) is 0 Å². The maximum atomic E-state index is 4.13. The fourth-order valence-corrected chi connectivity index (χ4v) is 2.76. The van der Waals surface area contributed by atoms with Crippen molar-refractivity contribution < 1.29 is 0 Å². The molecule has 0 spiro atoms. The molecule has 104 valence electrons. The number of nitrogens with zero attached hydrogens (tertiary/aromatic N) is 3. The zero-order valence-corrected chi connectivity index (χ0v) is 11.7. The van der Waals surface area contributed by atoms with Crippen molar-refractivity contribution in [2.24, 2.45) is 0 Å². The van der Waals surface area contributed by atoms with Gasteiger partial charge in [-0.3, -0.25) is 0 Å². The number of rotatable bonds is 3. The highest BCUT2D eigenvalue weighted by atomic mass is 15.2. The number of aromatic nitrogens is 2. The number of piperazine rings is 1. The van der Waals surface area contributed by atoms with Crippen molar-refractivity contribution in [1.29, 1.82) is 0 Å². The van der Waals surface area contributed by atoms with Crippen LogP contribution in [-0.2, 0) is 6.42 Å². The lowest BCUT2D eigenvalue weighted by molar-refractivity contribution is 0.403. The Morgan fingerprint density at radius 3 is 2.70 bits per heavy atom. The minimum atomic E-state index is 0.466. The third kappa shape index (κ3) is 2.96. The molecule has 4 nitrogen and oxygen atoms in total. The Labute approximate surface area is 119 Å². The molecule has 2 aromatic rings. The third-order valence-corrected chi connectivity index (χ3v) is 3.85. The molecule has 2 unspecified atom stereocenters. The second kappa shape index (κ2) is 6.01. The maximum absolute atomic E-state index is 4.13. The Kier molecular flexibility index (Phi) is 3.92. The van der Waals surface area contributed by atoms with Crippen LogP contribution in [0.2, 0.25) is 0 Å². The van der Waals surface area contributed by atoms with Gasteiger partial charge in [0.25, 0.3) is 0 Å². The van der Waals surface area contributed by atoms with Gasteiger partial charge in [-0.25, -0.2) is 9.97 Å². The van der Waals surface area contributed by atoms with Gasteiger partial charge >= 0.3 is 0 Å². The van der Waals surface area contributed by atoms with Gasteiger partial charge in [-0.15, -0.1) is 0 Å². The zero-order valence-electron chi connectivity index (χ0n) is 11.7. The highest BCUT2D eigenvalue weighted by Crippen LogP contribution is 2.18. The summed E-state index contributed by atoms with van der Waals surface area (Å²) in [6.07, 6.45) is 6.43. The average molecular weight is 268 g/mol. The molecule has 1 aromatic heterocycles. The summed E-state index contributed by atoms with van der Waals surface area (Å²) < 4.78 is 0. The van der Waals surface area contributed by atoms with Crippen LogP contribution in [-0.4, -0.2) is 35.1 Å². The first-order chi connectivity index (χ1) is 9.83. The summed E-state index contributed by atoms with van der Waals surface area (Å²) in [5.74, 6) is 0. The maximum Gasteiger partial charge on any atom is 0.115 e. The topological polar surface area (TPSA) is 41.0 Å². The summed E-state index contributed by atoms with van der Waals surface area (Å²) in [5, 5.41) is 3.63. The second-order valence-electron chi connectivity index (χ2n) is 5.39. The van der Waals surface area contributed by atoms with E-state index in [0.717, 1.165) is 25.2 Å². The van der Waals surface area contributed by atoms with Gasteiger partial charge in [-0.1, -0.05) is 30.3 Å². The van der Waals surface area contributed by atoms with Gasteiger partial charge in [0, 0.05) is 25.2 Å². The largest absolute Gasteiger partial charge is 0.363 e. The highest BCUT2D eigenvalue weighted by Gasteiger charge is 2.25. The molecule has 4 heteroatoms. The van der Waals surface area contributed by atoms with Crippen molar-refractivity contribution in [1.82, 2.24) is 15.3 Å². The molecule has 1 fully saturated rings. The molecule has 0 aliphatic carbocycles. The van der Waals surface area contributed by atoms with Crippen LogP contribution in [0.15, 0.2) is 49.1 Å². The van der Waals surface area contributed by atoms with Gasteiger partial charge in [-0.2, -0.15) is 0 Å². The van der Waals surface area contributed by atoms with E-state index < -0.39 is 0 Å². The molecule has 1 saturated heterocycles. The molecule has 1 N–H and O–H groups in total. The van der Waals surface area contributed by atoms with E-state index >= 15 is 0 Å². The monoisotopic (exact) mass is 268 g/mol. The molecular weight excluding hydrogens is 248 g/mol. The van der Waals surface area contributed by atoms with Gasteiger partial charge in [0.1, 0.15) is 6.33 Å². The molecule has 1 aliphatic rings. The predicted molar refractivity (Wildman–Crippen MR) is 80.8 cm³/mol. The minimum Gasteiger partial charge on any atom is -0.363 e. The molecule has 2 heterocycles. The summed E-state index contributed by atoms with van der Waals surface area (Å²) in [7, 11) is 0. The van der Waals surface area contributed by atoms with Crippen molar-refractivity contribution in [3.05, 3.63) is 54.6 Å². The van der Waals surface area contributed by atoms with Gasteiger partial charge in [-0.05, 0) is 18.9 Å². The molecule has 1 aromatic carbocycles. The Morgan fingerprint density at radius 2 is 1.95 bits per heavy atom. The summed E-state index contributed by atoms with van der Waals surface area (Å²) in [6.45, 7) is 4.22. The Hall–Kier alpha value is -1.94. The van der Waals surface area contributed by atoms with Crippen LogP contribution in [0.3, 0.4) is 0 Å². The molecule has 0 bridgehead atoms. The number of hydrogen-bond donors (Lipinski definition) is 1. The first kappa shape index (κ1) is 13.1. The van der Waals surface area contributed by atoms with E-state index in [1.54, 1.807) is 6.33 Å². The van der Waals surface area contributed by atoms with Crippen LogP contribution in [0.5, 0.6) is 0 Å². The lowest BCUT2D eigenvalue weighted by Crippen LogP contribution is -2.56. The number of benzene rings is 1. The quantitative estimate of drug-likeness (QED) is 0.923. The second-order valence-corrected chi connectivity index (χ2v) is 5.39. The first-order valence-corrected chi connectivity index (χ1v) is 7.12. The van der Waals surface area contributed by atoms with E-state index in [1.165, 1.54) is 5.56 Å². The van der Waals surface area contributed by atoms with E-state index in [-0.39, 0.29) is 0 Å². The summed E-state index contributed by atoms with van der Waals surface area (Å²) in [6, 6.07) is 11.6. The van der Waals surface area contributed by atoms with Crippen molar-refractivity contribution in [3.8, 4) is 0 Å². The minimum absolute atomic E-state index is 0.466. The molecule has 0 radical (unpaired) electrons. The third-order valence-electron chi connectivity index (χ3n) is 3.85. The number of anilines is 1. The highest BCUT2D eigenvalue weighted by molar-refractivity contribution is 5.44. The van der Waals surface area contributed by atoms with E-state index in [1.807, 2.05) is 12.4 Å². The normalized spacial score (nSPS) is 22.8. The molecule has 20 heavy (non-hydrogen) atoms. The van der Waals surface area contributed by atoms with Gasteiger partial charge in [0.05, 0.1) is 18.1 Å². The predicted octanol–water partition coefficient (Wildman–Crippen LogP) is 1.89. The number of hydrogen-bond acceptors (Lipinski definition) is 4. The SMILES string of the molecule is CC1CNC(Cc2ccccc2)CN1c1cncnc1. The van der Waals surface area contributed by atoms with Gasteiger partial charge in [0.15, 0.2) is 0 Å². The van der Waals surface area contributed by atoms with Crippen LogP contribution in [0.4, 0.5) is 5.69 Å². The molecule has 0 amide bonds. The van der Waals surface area contributed by atoms with Crippen molar-refractivity contribution in [2.45, 2.75) is 25.4 Å². The lowest BCUT2D eigenvalue weighted by atomic mass is 10.0. The van der Waals surface area contributed by atoms with Crippen molar-refractivity contribution in [3.63, 3.8) is 0 Å². The Bertz CT molecular complexity index is 529. The Balaban J connectivity index is 1.70. The molecule has 1 aliphatic heterocycles. The van der Waals surface area contributed by atoms with Crippen molar-refractivity contribution in [2.75, 3.05) is 18.0 Å². The van der Waals surface area contributed by atoms with Crippen LogP contribution in [0.25, 0.3) is 0 Å². The summed E-state index contributed by atoms with van der Waals surface area (Å²) in [5.41, 5.74) is 2.49. The zero-order chi connectivity index (χ0) is 13.8. The van der Waals surface area contributed by atoms with Gasteiger partial charge in [0.2, 0.25) is 0 Å². The average Bonchev–Trinajstić information content (AvgIpc) is 2.51. The Morgan fingerprint density at radius 1 is 1.20 bits per heavy atom. The molecular formula is C16H20N4. The molecule has 2 atom stereocenters. The smallest absolute Gasteiger partial charge is 0.115 e. The van der Waals surface area contributed by atoms with Gasteiger partial charge < -0.3 is 10.2 Å². The fraction of sp³-hybridized carbons (Fsp3) is 0.375. The molecule has 3 rings (SSSR count). The number of nitrogens with one attached hydrogen (secondary N) is 1. The van der Waals surface area contributed by atoms with E-state index in [4.69, 9.17) is 0 Å². The lowest BCUT2D eigenvalue weighted by Gasteiger charge is -2.40. The van der Waals surface area contributed by atoms with Crippen LogP contribution < -0.4 is 10.2 Å². The standard InChI is InChI=1S/C16H20N4/c1-13-8-19-15(7-14-5-3-2-4-6-14)11-20(13)16-9-17-12-18-10-16/h2-6,9-10,12-13,15,19H,7-8,11H2,1H3. The van der Waals surface area contributed by atoms with Crippen LogP contribution in [0.1, 0.15) is 12.5 Å². The van der Waals surface area contributed by atoms with Crippen LogP contribution >= 0.6 is 0 Å². The van der Waals surface area contributed by atoms with E-state index in [0.29, 0.717) is 12.1 Å². The summed E-state index contributed by atoms with van der Waals surface area (Å²) in [4.78, 5) is 10.7. The first-order valence-electron chi connectivity index (χ1n) is 7.12. The fourth-order valence-electron chi connectivity index (χ4n) is 2.76. The molecule has 0 saturated carbocycles.